The molecule has 4 N–H and O–H groups in total. The zero-order valence-corrected chi connectivity index (χ0v) is 39.7. The number of nitrogens with one attached hydrogen (secondary N) is 4. The fraction of sp³-hybridized carbons (Fsp3) is 0.340. The summed E-state index contributed by atoms with van der Waals surface area (Å²) >= 11 is 6.39. The molecule has 10 rings (SSSR count). The van der Waals surface area contributed by atoms with Gasteiger partial charge < -0.3 is 20.9 Å². The van der Waals surface area contributed by atoms with Crippen molar-refractivity contribution in [3.05, 3.63) is 136 Å². The van der Waals surface area contributed by atoms with Crippen LogP contribution >= 0.6 is 11.6 Å². The summed E-state index contributed by atoms with van der Waals surface area (Å²) in [6.07, 6.45) is 13.6. The maximum Gasteiger partial charge on any atom is 0.255 e. The molecule has 4 aromatic carbocycles. The van der Waals surface area contributed by atoms with Crippen molar-refractivity contribution in [2.75, 3.05) is 17.2 Å². The lowest BCUT2D eigenvalue weighted by atomic mass is 9.91. The predicted octanol–water partition coefficient (Wildman–Crippen LogP) is 9.24. The fourth-order valence-electron chi connectivity index (χ4n) is 10.1. The average molecular weight is 981 g/mol. The predicted molar refractivity (Wildman–Crippen MR) is 265 cm³/mol. The van der Waals surface area contributed by atoms with Crippen molar-refractivity contribution in [1.29, 1.82) is 0 Å². The number of carbonyl (C=O) groups is 4. The van der Waals surface area contributed by atoms with Crippen LogP contribution in [0.5, 0.6) is 0 Å². The molecule has 18 heteroatoms. The van der Waals surface area contributed by atoms with E-state index in [1.807, 2.05) is 35.1 Å². The summed E-state index contributed by atoms with van der Waals surface area (Å²) in [5, 5.41) is 21.8. The molecule has 1 unspecified atom stereocenters. The van der Waals surface area contributed by atoms with Crippen LogP contribution in [-0.2, 0) is 27.5 Å². The number of amides is 4. The Balaban J connectivity index is 0.637. The van der Waals surface area contributed by atoms with E-state index in [1.165, 1.54) is 23.1 Å². The van der Waals surface area contributed by atoms with Crippen LogP contribution < -0.4 is 21.3 Å². The van der Waals surface area contributed by atoms with E-state index >= 15 is 0 Å². The molecule has 6 aromatic rings. The molecule has 2 aromatic heterocycles. The number of hydrogen-bond acceptors (Lipinski definition) is 11. The number of unbranched alkanes of at least 4 members (excludes halogenated alkanes) is 4. The minimum absolute atomic E-state index is 0.0974. The van der Waals surface area contributed by atoms with E-state index < -0.39 is 23.6 Å². The van der Waals surface area contributed by atoms with Crippen molar-refractivity contribution in [2.24, 2.45) is 4.99 Å². The van der Waals surface area contributed by atoms with Gasteiger partial charge in [0.25, 0.3) is 5.91 Å². The van der Waals surface area contributed by atoms with Gasteiger partial charge >= 0.3 is 0 Å². The van der Waals surface area contributed by atoms with Crippen molar-refractivity contribution in [3.8, 4) is 22.5 Å². The molecule has 71 heavy (non-hydrogen) atoms. The molecule has 0 radical (unpaired) electrons. The zero-order valence-electron chi connectivity index (χ0n) is 38.9. The number of halogens is 3. The number of carbonyl (C=O) groups excluding carboxylic acids is 4. The third kappa shape index (κ3) is 10.5. The molecule has 1 saturated carbocycles. The van der Waals surface area contributed by atoms with Crippen molar-refractivity contribution >= 4 is 58.3 Å². The Morgan fingerprint density at radius 2 is 1.62 bits per heavy atom. The van der Waals surface area contributed by atoms with E-state index in [2.05, 4.69) is 41.6 Å². The molecule has 364 valence electrons. The Hall–Kier alpha value is -7.24. The quantitative estimate of drug-likeness (QED) is 0.0538. The van der Waals surface area contributed by atoms with Gasteiger partial charge in [-0.1, -0.05) is 66.4 Å². The van der Waals surface area contributed by atoms with Gasteiger partial charge in [-0.15, -0.1) is 5.10 Å². The van der Waals surface area contributed by atoms with E-state index in [0.717, 1.165) is 81.3 Å². The van der Waals surface area contributed by atoms with Gasteiger partial charge in [-0.25, -0.2) is 23.4 Å². The highest BCUT2D eigenvalue weighted by Crippen LogP contribution is 2.36. The fourth-order valence-corrected chi connectivity index (χ4v) is 10.2. The molecule has 5 heterocycles. The first-order valence-electron chi connectivity index (χ1n) is 24.3. The molecule has 0 bridgehead atoms. The van der Waals surface area contributed by atoms with Crippen LogP contribution in [0.1, 0.15) is 116 Å². The third-order valence-electron chi connectivity index (χ3n) is 13.9. The van der Waals surface area contributed by atoms with Crippen LogP contribution in [0, 0.1) is 11.6 Å². The van der Waals surface area contributed by atoms with Crippen LogP contribution in [0.2, 0.25) is 5.02 Å². The summed E-state index contributed by atoms with van der Waals surface area (Å²) in [6.45, 7) is 1.30. The van der Waals surface area contributed by atoms with Crippen LogP contribution in [0.4, 0.5) is 26.1 Å². The normalized spacial score (nSPS) is 18.5. The number of piperidine rings is 1. The Bertz CT molecular complexity index is 3030. The number of rotatable bonds is 16. The first kappa shape index (κ1) is 47.4. The van der Waals surface area contributed by atoms with Gasteiger partial charge in [0.05, 0.1) is 35.8 Å². The van der Waals surface area contributed by atoms with Crippen LogP contribution in [0.15, 0.2) is 96.2 Å². The summed E-state index contributed by atoms with van der Waals surface area (Å²) < 4.78 is 32.0. The van der Waals surface area contributed by atoms with Gasteiger partial charge in [-0.05, 0) is 100 Å². The van der Waals surface area contributed by atoms with Crippen LogP contribution in [-0.4, -0.2) is 77.8 Å². The summed E-state index contributed by atoms with van der Waals surface area (Å²) in [6, 6.07) is 22.0. The van der Waals surface area contributed by atoms with E-state index in [0.29, 0.717) is 62.6 Å². The average Bonchev–Trinajstić information content (AvgIpc) is 3.96. The molecule has 1 saturated heterocycles. The highest BCUT2D eigenvalue weighted by molar-refractivity contribution is 6.31. The monoisotopic (exact) mass is 979 g/mol. The molecule has 4 amide bonds. The van der Waals surface area contributed by atoms with E-state index in [4.69, 9.17) is 16.6 Å². The Morgan fingerprint density at radius 1 is 0.845 bits per heavy atom. The zero-order chi connectivity index (χ0) is 49.0. The number of imide groups is 1. The molecule has 4 aliphatic rings. The largest absolute Gasteiger partial charge is 0.326 e. The molecular formula is C53H52ClF2N11O4. The topological polar surface area (TPSA) is 188 Å². The van der Waals surface area contributed by atoms with E-state index in [1.54, 1.807) is 42.6 Å². The Labute approximate surface area is 413 Å². The molecule has 3 aliphatic heterocycles. The number of nitrogens with zero attached hydrogens (tertiary/aromatic N) is 7. The number of fused-ring (bicyclic) bond motifs is 4. The standard InChI is InChI=1S/C53H52ClF2N11O4/c54-33-15-22-37-39(26-33)50(48-41(55)9-7-10-42(48)56)58-27-32-28-59-53(63-49(32)37)60-35-16-13-31(14-17-35)44-30-67(65-64-44)36-20-18-34(19-21-36)57-25-5-3-1-2-4-12-46(68)61-43-11-6-8-38-40(43)29-66(52(38)71)45-23-24-47(69)62-51(45)70/h6-11,13-17,22,26,28,30,34,36,45,57H,1-5,12,18-21,23-25,27,29H2,(H,61,68)(H,59,60,63)(H,62,69,70)/t34-,36+,45?. The molecular weight excluding hydrogens is 928 g/mol. The minimum Gasteiger partial charge on any atom is -0.326 e. The Kier molecular flexibility index (Phi) is 14.0. The van der Waals surface area contributed by atoms with Gasteiger partial charge in [-0.2, -0.15) is 0 Å². The van der Waals surface area contributed by atoms with Gasteiger partial charge in [-0.3, -0.25) is 29.5 Å². The maximum atomic E-state index is 15.0. The number of aromatic nitrogens is 5. The second kappa shape index (κ2) is 21.0. The van der Waals surface area contributed by atoms with Crippen LogP contribution in [0.25, 0.3) is 22.5 Å². The lowest BCUT2D eigenvalue weighted by Gasteiger charge is -2.29. The number of benzene rings is 4. The van der Waals surface area contributed by atoms with Crippen molar-refractivity contribution in [1.82, 2.24) is 40.5 Å². The molecule has 1 aliphatic carbocycles. The van der Waals surface area contributed by atoms with Gasteiger partial charge in [0.1, 0.15) is 23.4 Å². The first-order valence-corrected chi connectivity index (χ1v) is 24.7. The third-order valence-corrected chi connectivity index (χ3v) is 14.1. The smallest absolute Gasteiger partial charge is 0.255 e. The first-order chi connectivity index (χ1) is 34.6. The Morgan fingerprint density at radius 3 is 2.42 bits per heavy atom. The van der Waals surface area contributed by atoms with Gasteiger partial charge in [0, 0.05) is 81.4 Å². The SMILES string of the molecule is O=C1CCC(N2Cc3c(NC(=O)CCCCCCCN[C@H]4CC[C@@H](n5cc(-c6ccc(Nc7ncc8c(n7)-c7ccc(Cl)cc7C(c7c(F)cccc7F)=NC8)cc6)nn5)CC4)cccc3C2=O)C(=O)N1. The number of aliphatic imine (C=N–C) groups is 1. The number of hydrogen-bond donors (Lipinski definition) is 4. The molecule has 2 fully saturated rings. The minimum atomic E-state index is -0.715. The summed E-state index contributed by atoms with van der Waals surface area (Å²) in [4.78, 5) is 65.5. The van der Waals surface area contributed by atoms with Gasteiger partial charge in [0.15, 0.2) is 0 Å². The highest BCUT2D eigenvalue weighted by atomic mass is 35.5. The molecule has 1 atom stereocenters. The number of anilines is 3. The summed E-state index contributed by atoms with van der Waals surface area (Å²) in [7, 11) is 0. The van der Waals surface area contributed by atoms with E-state index in [9.17, 15) is 28.0 Å². The maximum absolute atomic E-state index is 15.0. The van der Waals surface area contributed by atoms with Crippen molar-refractivity contribution < 1.29 is 28.0 Å². The molecule has 15 nitrogen and oxygen atoms in total. The lowest BCUT2D eigenvalue weighted by molar-refractivity contribution is -0.137. The molecule has 0 spiro atoms. The second-order valence-corrected chi connectivity index (χ2v) is 19.0. The van der Waals surface area contributed by atoms with E-state index in [-0.39, 0.29) is 61.0 Å². The second-order valence-electron chi connectivity index (χ2n) is 18.6. The lowest BCUT2D eigenvalue weighted by Crippen LogP contribution is -2.52. The van der Waals surface area contributed by atoms with Crippen LogP contribution in [0.3, 0.4) is 0 Å². The van der Waals surface area contributed by atoms with Gasteiger partial charge in [0.2, 0.25) is 23.7 Å². The van der Waals surface area contributed by atoms with Crippen molar-refractivity contribution in [2.45, 2.75) is 108 Å². The van der Waals surface area contributed by atoms with Crippen molar-refractivity contribution in [3.63, 3.8) is 0 Å². The summed E-state index contributed by atoms with van der Waals surface area (Å²) in [5.74, 6) is -2.23. The highest BCUT2D eigenvalue weighted by Gasteiger charge is 2.40. The summed E-state index contributed by atoms with van der Waals surface area (Å²) in [5.41, 5.74) is 6.60.